The Hall–Kier alpha value is -3.16. The third-order valence-electron chi connectivity index (χ3n) is 6.79. The van der Waals surface area contributed by atoms with Crippen LogP contribution in [0.15, 0.2) is 58.7 Å². The molecule has 36 heavy (non-hydrogen) atoms. The van der Waals surface area contributed by atoms with Crippen LogP contribution in [0.25, 0.3) is 0 Å². The topological polar surface area (TPSA) is 83.4 Å². The third kappa shape index (κ3) is 5.04. The predicted octanol–water partition coefficient (Wildman–Crippen LogP) is 5.12. The molecule has 1 aliphatic carbocycles. The summed E-state index contributed by atoms with van der Waals surface area (Å²) >= 11 is 6.60. The first-order valence-corrected chi connectivity index (χ1v) is 12.2. The second-order valence-corrected chi connectivity index (χ2v) is 9.30. The van der Waals surface area contributed by atoms with Crippen molar-refractivity contribution >= 4 is 29.1 Å². The van der Waals surface area contributed by atoms with Gasteiger partial charge in [-0.25, -0.2) is 0 Å². The van der Waals surface area contributed by atoms with Crippen molar-refractivity contribution in [2.45, 2.75) is 31.6 Å². The van der Waals surface area contributed by atoms with E-state index >= 15 is 0 Å². The summed E-state index contributed by atoms with van der Waals surface area (Å²) in [5.74, 6) is -0.653. The minimum absolute atomic E-state index is 0.0492. The smallest absolute Gasteiger partial charge is 0.315 e. The van der Waals surface area contributed by atoms with Crippen LogP contribution in [0.1, 0.15) is 42.7 Å². The van der Waals surface area contributed by atoms with Crippen molar-refractivity contribution < 1.29 is 28.5 Å². The highest BCUT2D eigenvalue weighted by molar-refractivity contribution is 6.31. The molecule has 0 fully saturated rings. The fraction of sp³-hybridized carbons (Fsp3) is 0.393. The number of hydrogen-bond acceptors (Lipinski definition) is 7. The Labute approximate surface area is 216 Å². The van der Waals surface area contributed by atoms with Crippen molar-refractivity contribution in [1.82, 2.24) is 0 Å². The van der Waals surface area contributed by atoms with Gasteiger partial charge in [0.25, 0.3) is 0 Å². The van der Waals surface area contributed by atoms with Gasteiger partial charge in [0.05, 0.1) is 20.8 Å². The lowest BCUT2D eigenvalue weighted by Crippen LogP contribution is -2.38. The van der Waals surface area contributed by atoms with Gasteiger partial charge in [0, 0.05) is 41.5 Å². The second-order valence-electron chi connectivity index (χ2n) is 8.89. The monoisotopic (exact) mass is 511 g/mol. The molecule has 0 radical (unpaired) electrons. The highest BCUT2D eigenvalue weighted by Crippen LogP contribution is 2.48. The molecule has 1 heterocycles. The van der Waals surface area contributed by atoms with E-state index in [0.29, 0.717) is 45.5 Å². The maximum atomic E-state index is 13.7. The van der Waals surface area contributed by atoms with Gasteiger partial charge in [-0.2, -0.15) is 0 Å². The molecular formula is C28H30ClNO6. The lowest BCUT2D eigenvalue weighted by Gasteiger charge is -2.36. The normalized spacial score (nSPS) is 21.5. The van der Waals surface area contributed by atoms with E-state index in [1.165, 1.54) is 0 Å². The van der Waals surface area contributed by atoms with Crippen molar-refractivity contribution in [1.29, 1.82) is 0 Å². The van der Waals surface area contributed by atoms with Gasteiger partial charge in [-0.3, -0.25) is 14.6 Å². The Balaban J connectivity index is 1.75. The van der Waals surface area contributed by atoms with E-state index in [4.69, 9.17) is 35.5 Å². The van der Waals surface area contributed by atoms with Crippen molar-refractivity contribution in [2.24, 2.45) is 10.9 Å². The molecule has 0 saturated heterocycles. The molecule has 0 amide bonds. The van der Waals surface area contributed by atoms with E-state index in [1.54, 1.807) is 34.3 Å². The van der Waals surface area contributed by atoms with E-state index in [1.807, 2.05) is 36.4 Å². The molecule has 0 saturated carbocycles. The molecule has 2 aromatic carbocycles. The summed E-state index contributed by atoms with van der Waals surface area (Å²) in [5, 5.41) is 0.494. The standard InChI is InChI=1S/C28H30ClNO6/c1-16-25(28(32)36-12-11-33-2)26(19-7-5-6-8-20(19)29)27-21(30-16)13-18(14-22(27)31)17-9-10-23(34-3)24(15-17)35-4/h5-10,15,18,25-26H,11-14H2,1-4H3/t18-,25?,26+/m1/s1. The number of allylic oxidation sites excluding steroid dienone is 2. The largest absolute Gasteiger partial charge is 0.493 e. The van der Waals surface area contributed by atoms with E-state index in [9.17, 15) is 9.59 Å². The number of esters is 1. The Bertz CT molecular complexity index is 1220. The number of hydrogen-bond donors (Lipinski definition) is 0. The Morgan fingerprint density at radius 2 is 1.78 bits per heavy atom. The molecule has 8 heteroatoms. The summed E-state index contributed by atoms with van der Waals surface area (Å²) in [5.41, 5.74) is 3.51. The molecule has 3 atom stereocenters. The maximum absolute atomic E-state index is 13.7. The number of benzene rings is 2. The molecule has 1 aliphatic heterocycles. The number of rotatable bonds is 8. The molecule has 2 aliphatic rings. The molecule has 2 aromatic rings. The number of methoxy groups -OCH3 is 3. The number of carbonyl (C=O) groups excluding carboxylic acids is 2. The van der Waals surface area contributed by atoms with Crippen LogP contribution in [0.2, 0.25) is 5.02 Å². The highest BCUT2D eigenvalue weighted by Gasteiger charge is 2.45. The Morgan fingerprint density at radius 3 is 2.47 bits per heavy atom. The van der Waals surface area contributed by atoms with Crippen LogP contribution in [-0.2, 0) is 19.1 Å². The molecule has 0 aromatic heterocycles. The minimum atomic E-state index is -0.748. The average molecular weight is 512 g/mol. The molecule has 190 valence electrons. The van der Waals surface area contributed by atoms with Gasteiger partial charge in [-0.1, -0.05) is 35.9 Å². The van der Waals surface area contributed by atoms with Gasteiger partial charge in [0.2, 0.25) is 0 Å². The van der Waals surface area contributed by atoms with Crippen LogP contribution in [0.4, 0.5) is 0 Å². The summed E-state index contributed by atoms with van der Waals surface area (Å²) in [7, 11) is 4.72. The molecule has 0 bridgehead atoms. The van der Waals surface area contributed by atoms with Crippen molar-refractivity contribution in [3.05, 3.63) is 69.9 Å². The summed E-state index contributed by atoms with van der Waals surface area (Å²) < 4.78 is 21.3. The summed E-state index contributed by atoms with van der Waals surface area (Å²) in [6.07, 6.45) is 0.843. The van der Waals surface area contributed by atoms with Crippen molar-refractivity contribution in [3.63, 3.8) is 0 Å². The summed E-state index contributed by atoms with van der Waals surface area (Å²) in [6.45, 7) is 2.21. The molecular weight excluding hydrogens is 482 g/mol. The number of nitrogens with zero attached hydrogens (tertiary/aromatic N) is 1. The van der Waals surface area contributed by atoms with Gasteiger partial charge in [-0.05, 0) is 48.6 Å². The van der Waals surface area contributed by atoms with Gasteiger partial charge in [0.15, 0.2) is 17.3 Å². The van der Waals surface area contributed by atoms with E-state index in [0.717, 1.165) is 5.56 Å². The van der Waals surface area contributed by atoms with E-state index < -0.39 is 17.8 Å². The minimum Gasteiger partial charge on any atom is -0.493 e. The van der Waals surface area contributed by atoms with Gasteiger partial charge < -0.3 is 18.9 Å². The number of ether oxygens (including phenoxy) is 4. The fourth-order valence-corrected chi connectivity index (χ4v) is 5.34. The van der Waals surface area contributed by atoms with Gasteiger partial charge in [-0.15, -0.1) is 0 Å². The number of aliphatic imine (C=N–C) groups is 1. The van der Waals surface area contributed by atoms with Crippen LogP contribution < -0.4 is 9.47 Å². The molecule has 4 rings (SSSR count). The first-order chi connectivity index (χ1) is 17.4. The van der Waals surface area contributed by atoms with Crippen LogP contribution >= 0.6 is 11.6 Å². The molecule has 7 nitrogen and oxygen atoms in total. The van der Waals surface area contributed by atoms with Crippen molar-refractivity contribution in [2.75, 3.05) is 34.5 Å². The van der Waals surface area contributed by atoms with Crippen LogP contribution in [0.5, 0.6) is 11.5 Å². The zero-order valence-corrected chi connectivity index (χ0v) is 21.6. The fourth-order valence-electron chi connectivity index (χ4n) is 5.09. The SMILES string of the molecule is COCCOC(=O)C1C(C)=NC2=C(C(=O)C[C@H](c3ccc(OC)c(OC)c3)C2)[C@H]1c1ccccc1Cl. The van der Waals surface area contributed by atoms with Crippen LogP contribution in [0, 0.1) is 5.92 Å². The first-order valence-electron chi connectivity index (χ1n) is 11.8. The number of ketones is 1. The summed E-state index contributed by atoms with van der Waals surface area (Å²) in [4.78, 5) is 31.7. The number of Topliss-reactive ketones (excluding diaryl/α,β-unsaturated/α-hetero) is 1. The van der Waals surface area contributed by atoms with Crippen LogP contribution in [0.3, 0.4) is 0 Å². The number of carbonyl (C=O) groups is 2. The van der Waals surface area contributed by atoms with E-state index in [-0.39, 0.29) is 31.3 Å². The summed E-state index contributed by atoms with van der Waals surface area (Å²) in [6, 6.07) is 13.0. The molecule has 0 N–H and O–H groups in total. The third-order valence-corrected chi connectivity index (χ3v) is 7.14. The quantitative estimate of drug-likeness (QED) is 0.361. The molecule has 1 unspecified atom stereocenters. The highest BCUT2D eigenvalue weighted by atomic mass is 35.5. The number of halogens is 1. The van der Waals surface area contributed by atoms with Gasteiger partial charge >= 0.3 is 5.97 Å². The lowest BCUT2D eigenvalue weighted by atomic mass is 9.69. The zero-order valence-electron chi connectivity index (χ0n) is 20.9. The first kappa shape index (κ1) is 25.9. The van der Waals surface area contributed by atoms with E-state index in [2.05, 4.69) is 0 Å². The van der Waals surface area contributed by atoms with Gasteiger partial charge in [0.1, 0.15) is 12.5 Å². The zero-order chi connectivity index (χ0) is 25.8. The average Bonchev–Trinajstić information content (AvgIpc) is 2.87. The Kier molecular flexibility index (Phi) is 8.11. The predicted molar refractivity (Wildman–Crippen MR) is 137 cm³/mol. The van der Waals surface area contributed by atoms with Crippen LogP contribution in [-0.4, -0.2) is 52.0 Å². The maximum Gasteiger partial charge on any atom is 0.315 e. The second kappa shape index (κ2) is 11.3. The lowest BCUT2D eigenvalue weighted by molar-refractivity contribution is -0.147. The molecule has 0 spiro atoms. The Morgan fingerprint density at radius 1 is 1.03 bits per heavy atom. The van der Waals surface area contributed by atoms with Crippen molar-refractivity contribution in [3.8, 4) is 11.5 Å².